The van der Waals surface area contributed by atoms with E-state index < -0.39 is 79.2 Å². The Morgan fingerprint density at radius 3 is 2.12 bits per heavy atom. The van der Waals surface area contributed by atoms with Gasteiger partial charge in [0.2, 0.25) is 0 Å². The quantitative estimate of drug-likeness (QED) is 0.150. The molecular weight excluding hydrogens is 559 g/mol. The molecule has 3 rings (SSSR count). The lowest BCUT2D eigenvalue weighted by molar-refractivity contribution is -0.221. The average Bonchev–Trinajstić information content (AvgIpc) is 2.95. The standard InChI is InChI=1S/C23H27FN12O6/c1-11(37)40-20-15(31-35-27)8-14(30-34-26)17(23(20)41-12(2)38)22-19(32-36-28)18(24)21(16(42-22)9-29-33-25)39-10-13-6-4-3-5-7-13/h3-7,14-23H,8-10H2,1-2H3/t14?,15?,16-,17?,18-,19?,20+,21-,22-,23+/m1/s1. The van der Waals surface area contributed by atoms with Crippen molar-refractivity contribution in [3.8, 4) is 0 Å². The number of alkyl halides is 1. The maximum Gasteiger partial charge on any atom is 0.303 e. The molecule has 1 heterocycles. The Labute approximate surface area is 237 Å². The molecule has 1 aromatic rings. The minimum Gasteiger partial charge on any atom is -0.458 e. The highest BCUT2D eigenvalue weighted by atomic mass is 19.1. The maximum absolute atomic E-state index is 16.3. The third kappa shape index (κ3) is 7.71. The molecule has 0 N–H and O–H groups in total. The lowest BCUT2D eigenvalue weighted by Gasteiger charge is -2.50. The molecule has 1 aromatic carbocycles. The summed E-state index contributed by atoms with van der Waals surface area (Å²) in [6.07, 6.45) is -9.25. The SMILES string of the molecule is CC(=O)O[C@H]1C(N=[N+]=[N-])CC(N=[N+]=[N-])C([C@H]2O[C@H](CN=[N+]=[N-])[C@@H](OCc3ccccc3)[C@H](F)C2N=[N+]=[N-])[C@@H]1OC(C)=O. The summed E-state index contributed by atoms with van der Waals surface area (Å²) in [5, 5.41) is 14.5. The van der Waals surface area contributed by atoms with Gasteiger partial charge in [-0.3, -0.25) is 9.59 Å². The van der Waals surface area contributed by atoms with Crippen LogP contribution in [0.2, 0.25) is 0 Å². The predicted molar refractivity (Wildman–Crippen MR) is 141 cm³/mol. The number of benzene rings is 1. The smallest absolute Gasteiger partial charge is 0.303 e. The zero-order chi connectivity index (χ0) is 30.6. The monoisotopic (exact) mass is 586 g/mol. The fraction of sp³-hybridized carbons (Fsp3) is 0.652. The Bertz CT molecular complexity index is 1310. The van der Waals surface area contributed by atoms with Gasteiger partial charge in [-0.25, -0.2) is 4.39 Å². The molecule has 0 radical (unpaired) electrons. The Hall–Kier alpha value is -4.75. The molecule has 0 amide bonds. The summed E-state index contributed by atoms with van der Waals surface area (Å²) in [5.41, 5.74) is 37.5. The molecule has 2 aliphatic rings. The number of carbonyl (C=O) groups excluding carboxylic acids is 2. The van der Waals surface area contributed by atoms with Crippen LogP contribution < -0.4 is 0 Å². The van der Waals surface area contributed by atoms with Crippen molar-refractivity contribution in [1.82, 2.24) is 0 Å². The Morgan fingerprint density at radius 1 is 0.905 bits per heavy atom. The van der Waals surface area contributed by atoms with Crippen LogP contribution in [0.4, 0.5) is 4.39 Å². The van der Waals surface area contributed by atoms with E-state index in [-0.39, 0.29) is 13.0 Å². The zero-order valence-electron chi connectivity index (χ0n) is 22.5. The van der Waals surface area contributed by atoms with Crippen molar-refractivity contribution in [2.24, 2.45) is 26.4 Å². The topological polar surface area (TPSA) is 266 Å². The predicted octanol–water partition coefficient (Wildman–Crippen LogP) is 4.91. The summed E-state index contributed by atoms with van der Waals surface area (Å²) in [6, 6.07) is 4.84. The first-order valence-corrected chi connectivity index (χ1v) is 12.7. The molecule has 2 fully saturated rings. The van der Waals surface area contributed by atoms with Crippen LogP contribution >= 0.6 is 0 Å². The highest BCUT2D eigenvalue weighted by Gasteiger charge is 2.57. The normalized spacial score (nSPS) is 32.0. The van der Waals surface area contributed by atoms with Gasteiger partial charge >= 0.3 is 11.9 Å². The van der Waals surface area contributed by atoms with Gasteiger partial charge in [0, 0.05) is 45.5 Å². The number of azide groups is 4. The van der Waals surface area contributed by atoms with Crippen LogP contribution in [0.1, 0.15) is 25.8 Å². The summed E-state index contributed by atoms with van der Waals surface area (Å²) in [7, 11) is 0. The molecule has 1 aliphatic heterocycles. The number of nitrogens with zero attached hydrogens (tertiary/aromatic N) is 12. The first kappa shape index (κ1) is 31.8. The average molecular weight is 587 g/mol. The summed E-state index contributed by atoms with van der Waals surface area (Å²) in [5.74, 6) is -2.95. The summed E-state index contributed by atoms with van der Waals surface area (Å²) < 4.78 is 39.2. The Kier molecular flexibility index (Phi) is 11.6. The van der Waals surface area contributed by atoms with Gasteiger partial charge in [-0.05, 0) is 34.1 Å². The molecule has 18 nitrogen and oxygen atoms in total. The van der Waals surface area contributed by atoms with Gasteiger partial charge in [0.05, 0.1) is 37.4 Å². The van der Waals surface area contributed by atoms with Gasteiger partial charge in [-0.2, -0.15) is 0 Å². The second-order valence-electron chi connectivity index (χ2n) is 9.46. The van der Waals surface area contributed by atoms with Gasteiger partial charge in [-0.15, -0.1) is 0 Å². The van der Waals surface area contributed by atoms with Crippen LogP contribution in [0.15, 0.2) is 50.8 Å². The van der Waals surface area contributed by atoms with E-state index in [1.54, 1.807) is 30.3 Å². The van der Waals surface area contributed by atoms with Crippen molar-refractivity contribution in [1.29, 1.82) is 0 Å². The van der Waals surface area contributed by atoms with Gasteiger partial charge < -0.3 is 18.9 Å². The molecule has 0 spiro atoms. The number of rotatable bonds is 11. The van der Waals surface area contributed by atoms with Gasteiger partial charge in [0.1, 0.15) is 24.5 Å². The zero-order valence-corrected chi connectivity index (χ0v) is 22.5. The van der Waals surface area contributed by atoms with Crippen LogP contribution in [-0.2, 0) is 35.1 Å². The van der Waals surface area contributed by atoms with E-state index in [2.05, 4.69) is 40.1 Å². The summed E-state index contributed by atoms with van der Waals surface area (Å²) in [6.45, 7) is 1.68. The highest BCUT2D eigenvalue weighted by molar-refractivity contribution is 5.67. The maximum atomic E-state index is 16.3. The van der Waals surface area contributed by atoms with Crippen LogP contribution in [0.25, 0.3) is 41.8 Å². The van der Waals surface area contributed by atoms with Crippen molar-refractivity contribution in [2.75, 3.05) is 6.54 Å². The number of carbonyl (C=O) groups is 2. The third-order valence-electron chi connectivity index (χ3n) is 6.86. The molecule has 4 unspecified atom stereocenters. The highest BCUT2D eigenvalue weighted by Crippen LogP contribution is 2.42. The van der Waals surface area contributed by atoms with Crippen molar-refractivity contribution < 1.29 is 32.9 Å². The molecule has 19 heteroatoms. The first-order chi connectivity index (χ1) is 20.2. The minimum absolute atomic E-state index is 0.0566. The van der Waals surface area contributed by atoms with E-state index in [0.29, 0.717) is 5.56 Å². The third-order valence-corrected chi connectivity index (χ3v) is 6.86. The van der Waals surface area contributed by atoms with Crippen LogP contribution in [-0.4, -0.2) is 73.3 Å². The van der Waals surface area contributed by atoms with Crippen molar-refractivity contribution in [3.05, 3.63) is 77.7 Å². The molecule has 42 heavy (non-hydrogen) atoms. The largest absolute Gasteiger partial charge is 0.458 e. The lowest BCUT2D eigenvalue weighted by atomic mass is 9.71. The van der Waals surface area contributed by atoms with E-state index in [1.165, 1.54) is 0 Å². The Morgan fingerprint density at radius 2 is 1.52 bits per heavy atom. The van der Waals surface area contributed by atoms with E-state index >= 15 is 4.39 Å². The Balaban J connectivity index is 2.11. The van der Waals surface area contributed by atoms with E-state index in [4.69, 9.17) is 30.0 Å². The van der Waals surface area contributed by atoms with Crippen molar-refractivity contribution >= 4 is 11.9 Å². The van der Waals surface area contributed by atoms with Crippen molar-refractivity contribution in [3.63, 3.8) is 0 Å². The minimum atomic E-state index is -2.05. The fourth-order valence-electron chi connectivity index (χ4n) is 5.32. The van der Waals surface area contributed by atoms with Gasteiger partial charge in [-0.1, -0.05) is 50.8 Å². The van der Waals surface area contributed by atoms with E-state index in [1.807, 2.05) is 0 Å². The summed E-state index contributed by atoms with van der Waals surface area (Å²) in [4.78, 5) is 35.3. The number of hydrogen-bond acceptors (Lipinski definition) is 10. The van der Waals surface area contributed by atoms with Crippen molar-refractivity contribution in [2.45, 2.75) is 81.7 Å². The van der Waals surface area contributed by atoms with E-state index in [0.717, 1.165) is 13.8 Å². The number of halogens is 1. The van der Waals surface area contributed by atoms with Crippen LogP contribution in [0.3, 0.4) is 0 Å². The second kappa shape index (κ2) is 15.3. The second-order valence-corrected chi connectivity index (χ2v) is 9.46. The van der Waals surface area contributed by atoms with Crippen LogP contribution in [0.5, 0.6) is 0 Å². The van der Waals surface area contributed by atoms with Gasteiger partial charge in [0.25, 0.3) is 0 Å². The van der Waals surface area contributed by atoms with Crippen LogP contribution in [0, 0.1) is 5.92 Å². The molecule has 222 valence electrons. The number of ether oxygens (including phenoxy) is 4. The van der Waals surface area contributed by atoms with Gasteiger partial charge in [0.15, 0.2) is 0 Å². The molecule has 1 saturated carbocycles. The molecule has 1 saturated heterocycles. The fourth-order valence-corrected chi connectivity index (χ4v) is 5.32. The number of esters is 2. The number of hydrogen-bond donors (Lipinski definition) is 0. The first-order valence-electron chi connectivity index (χ1n) is 12.7. The molecular formula is C23H27FN12O6. The molecule has 1 aliphatic carbocycles. The molecule has 10 atom stereocenters. The lowest BCUT2D eigenvalue weighted by Crippen LogP contribution is -2.65. The van der Waals surface area contributed by atoms with E-state index in [9.17, 15) is 20.7 Å². The molecule has 0 aromatic heterocycles. The molecule has 0 bridgehead atoms. The summed E-state index contributed by atoms with van der Waals surface area (Å²) >= 11 is 0.